The third kappa shape index (κ3) is 5.67. The maximum absolute atomic E-state index is 11.6. The molecule has 1 rings (SSSR count). The summed E-state index contributed by atoms with van der Waals surface area (Å²) >= 11 is 0. The molecule has 0 aliphatic carbocycles. The zero-order valence-corrected chi connectivity index (χ0v) is 10.2. The van der Waals surface area contributed by atoms with E-state index in [2.05, 4.69) is 12.2 Å². The van der Waals surface area contributed by atoms with Gasteiger partial charge in [0.2, 0.25) is 0 Å². The number of ketones is 1. The van der Waals surface area contributed by atoms with Gasteiger partial charge in [-0.2, -0.15) is 0 Å². The summed E-state index contributed by atoms with van der Waals surface area (Å²) in [6.45, 7) is 2.02. The van der Waals surface area contributed by atoms with Gasteiger partial charge in [-0.1, -0.05) is 60.7 Å². The van der Waals surface area contributed by atoms with Crippen molar-refractivity contribution >= 4 is 5.78 Å². The van der Waals surface area contributed by atoms with Gasteiger partial charge in [0.15, 0.2) is 5.78 Å². The van der Waals surface area contributed by atoms with E-state index < -0.39 is 0 Å². The minimum Gasteiger partial charge on any atom is -0.289 e. The van der Waals surface area contributed by atoms with Crippen LogP contribution in [0.5, 0.6) is 0 Å². The maximum Gasteiger partial charge on any atom is 0.185 e. The smallest absolute Gasteiger partial charge is 0.185 e. The molecule has 1 aromatic rings. The first-order valence-corrected chi connectivity index (χ1v) is 5.88. The Morgan fingerprint density at radius 1 is 1.06 bits per heavy atom. The third-order valence-electron chi connectivity index (χ3n) is 2.29. The maximum atomic E-state index is 11.6. The minimum atomic E-state index is 0.0451. The summed E-state index contributed by atoms with van der Waals surface area (Å²) in [5.74, 6) is 0.0451. The van der Waals surface area contributed by atoms with E-state index in [1.165, 1.54) is 0 Å². The topological polar surface area (TPSA) is 17.1 Å². The normalized spacial score (nSPS) is 11.8. The molecule has 0 heterocycles. The molecule has 0 unspecified atom stereocenters. The Labute approximate surface area is 103 Å². The van der Waals surface area contributed by atoms with Crippen molar-refractivity contribution < 1.29 is 4.79 Å². The van der Waals surface area contributed by atoms with E-state index in [4.69, 9.17) is 0 Å². The van der Waals surface area contributed by atoms with Crippen LogP contribution in [0.15, 0.2) is 66.8 Å². The van der Waals surface area contributed by atoms with Crippen LogP contribution in [0.25, 0.3) is 0 Å². The number of unbranched alkanes of at least 4 members (excludes halogenated alkanes) is 1. The summed E-state index contributed by atoms with van der Waals surface area (Å²) in [6.07, 6.45) is 13.6. The van der Waals surface area contributed by atoms with E-state index in [-0.39, 0.29) is 5.78 Å². The largest absolute Gasteiger partial charge is 0.289 e. The van der Waals surface area contributed by atoms with Crippen LogP contribution in [0.1, 0.15) is 30.1 Å². The molecule has 0 atom stereocenters. The number of hydrogen-bond donors (Lipinski definition) is 0. The van der Waals surface area contributed by atoms with Gasteiger partial charge in [-0.25, -0.2) is 0 Å². The van der Waals surface area contributed by atoms with Gasteiger partial charge in [0, 0.05) is 5.56 Å². The lowest BCUT2D eigenvalue weighted by Gasteiger charge is -1.92. The van der Waals surface area contributed by atoms with E-state index in [1.54, 1.807) is 12.2 Å². The lowest BCUT2D eigenvalue weighted by molar-refractivity contribution is 0.104. The molecular weight excluding hydrogens is 208 g/mol. The van der Waals surface area contributed by atoms with Crippen molar-refractivity contribution in [3.05, 3.63) is 72.4 Å². The van der Waals surface area contributed by atoms with Crippen LogP contribution >= 0.6 is 0 Å². The molecule has 0 bridgehead atoms. The first-order chi connectivity index (χ1) is 8.34. The third-order valence-corrected chi connectivity index (χ3v) is 2.29. The predicted molar refractivity (Wildman–Crippen MR) is 73.1 cm³/mol. The molecule has 0 saturated heterocycles. The van der Waals surface area contributed by atoms with Crippen molar-refractivity contribution in [1.29, 1.82) is 0 Å². The lowest BCUT2D eigenvalue weighted by atomic mass is 10.1. The number of carbonyl (C=O) groups excluding carboxylic acids is 1. The van der Waals surface area contributed by atoms with Crippen LogP contribution in [-0.2, 0) is 0 Å². The second-order valence-corrected chi connectivity index (χ2v) is 3.66. The molecule has 1 heteroatoms. The van der Waals surface area contributed by atoms with Crippen molar-refractivity contribution in [2.75, 3.05) is 0 Å². The number of allylic oxidation sites excluding steroid dienone is 6. The summed E-state index contributed by atoms with van der Waals surface area (Å²) in [6, 6.07) is 9.29. The molecule has 1 nitrogen and oxygen atoms in total. The lowest BCUT2D eigenvalue weighted by Crippen LogP contribution is -1.92. The zero-order valence-electron chi connectivity index (χ0n) is 10.2. The fraction of sp³-hybridized carbons (Fsp3) is 0.188. The van der Waals surface area contributed by atoms with Gasteiger partial charge in [-0.05, 0) is 25.8 Å². The second kappa shape index (κ2) is 8.28. The Balaban J connectivity index is 2.36. The summed E-state index contributed by atoms with van der Waals surface area (Å²) in [5.41, 5.74) is 0.728. The predicted octanol–water partition coefficient (Wildman–Crippen LogP) is 4.34. The Kier molecular flexibility index (Phi) is 6.42. The zero-order chi connectivity index (χ0) is 12.3. The van der Waals surface area contributed by atoms with Crippen LogP contribution in [0.3, 0.4) is 0 Å². The molecular formula is C16H18O. The van der Waals surface area contributed by atoms with Gasteiger partial charge < -0.3 is 0 Å². The molecule has 88 valence electrons. The summed E-state index contributed by atoms with van der Waals surface area (Å²) in [5, 5.41) is 0. The number of rotatable bonds is 6. The highest BCUT2D eigenvalue weighted by molar-refractivity contribution is 6.04. The SMILES string of the molecule is CC=CCCC=CC=CC(=O)c1ccccc1. The van der Waals surface area contributed by atoms with Crippen molar-refractivity contribution in [1.82, 2.24) is 0 Å². The molecule has 0 radical (unpaired) electrons. The molecule has 0 spiro atoms. The standard InChI is InChI=1S/C16H18O/c1-2-3-4-5-6-7-11-14-16(17)15-12-9-8-10-13-15/h2-3,6-14H,4-5H2,1H3. The van der Waals surface area contributed by atoms with E-state index in [0.717, 1.165) is 18.4 Å². The molecule has 1 aromatic carbocycles. The van der Waals surface area contributed by atoms with Crippen molar-refractivity contribution in [3.63, 3.8) is 0 Å². The number of benzene rings is 1. The van der Waals surface area contributed by atoms with Crippen LogP contribution in [0.2, 0.25) is 0 Å². The van der Waals surface area contributed by atoms with E-state index in [0.29, 0.717) is 0 Å². The monoisotopic (exact) mass is 226 g/mol. The van der Waals surface area contributed by atoms with Gasteiger partial charge in [0.05, 0.1) is 0 Å². The Hall–Kier alpha value is -1.89. The fourth-order valence-electron chi connectivity index (χ4n) is 1.38. The van der Waals surface area contributed by atoms with E-state index in [9.17, 15) is 4.79 Å². The summed E-state index contributed by atoms with van der Waals surface area (Å²) < 4.78 is 0. The van der Waals surface area contributed by atoms with Gasteiger partial charge >= 0.3 is 0 Å². The van der Waals surface area contributed by atoms with Crippen LogP contribution in [-0.4, -0.2) is 5.78 Å². The fourth-order valence-corrected chi connectivity index (χ4v) is 1.38. The number of carbonyl (C=O) groups is 1. The molecule has 0 aromatic heterocycles. The molecule has 0 aliphatic rings. The second-order valence-electron chi connectivity index (χ2n) is 3.66. The first-order valence-electron chi connectivity index (χ1n) is 5.88. The Morgan fingerprint density at radius 2 is 1.76 bits per heavy atom. The molecule has 0 N–H and O–H groups in total. The van der Waals surface area contributed by atoms with Gasteiger partial charge in [0.1, 0.15) is 0 Å². The van der Waals surface area contributed by atoms with Crippen LogP contribution in [0, 0.1) is 0 Å². The van der Waals surface area contributed by atoms with E-state index >= 15 is 0 Å². The summed E-state index contributed by atoms with van der Waals surface area (Å²) in [4.78, 5) is 11.6. The Bertz CT molecular complexity index is 410. The van der Waals surface area contributed by atoms with Crippen molar-refractivity contribution in [2.45, 2.75) is 19.8 Å². The molecule has 0 fully saturated rings. The highest BCUT2D eigenvalue weighted by atomic mass is 16.1. The quantitative estimate of drug-likeness (QED) is 0.232. The van der Waals surface area contributed by atoms with E-state index in [1.807, 2.05) is 49.4 Å². The highest BCUT2D eigenvalue weighted by Gasteiger charge is 1.97. The molecule has 0 saturated carbocycles. The first kappa shape index (κ1) is 13.2. The van der Waals surface area contributed by atoms with Crippen LogP contribution < -0.4 is 0 Å². The molecule has 0 amide bonds. The van der Waals surface area contributed by atoms with Gasteiger partial charge in [-0.15, -0.1) is 0 Å². The highest BCUT2D eigenvalue weighted by Crippen LogP contribution is 2.01. The van der Waals surface area contributed by atoms with Gasteiger partial charge in [0.25, 0.3) is 0 Å². The molecule has 0 aliphatic heterocycles. The Morgan fingerprint density at radius 3 is 2.47 bits per heavy atom. The summed E-state index contributed by atoms with van der Waals surface area (Å²) in [7, 11) is 0. The number of hydrogen-bond acceptors (Lipinski definition) is 1. The van der Waals surface area contributed by atoms with Crippen molar-refractivity contribution in [3.8, 4) is 0 Å². The van der Waals surface area contributed by atoms with Crippen LogP contribution in [0.4, 0.5) is 0 Å². The molecule has 17 heavy (non-hydrogen) atoms. The van der Waals surface area contributed by atoms with Gasteiger partial charge in [-0.3, -0.25) is 4.79 Å². The van der Waals surface area contributed by atoms with Crippen molar-refractivity contribution in [2.24, 2.45) is 0 Å². The average molecular weight is 226 g/mol. The average Bonchev–Trinajstić information content (AvgIpc) is 2.38. The minimum absolute atomic E-state index is 0.0451.